The van der Waals surface area contributed by atoms with Crippen LogP contribution in [0.2, 0.25) is 0 Å². The molecule has 3 rings (SSSR count). The molecular weight excluding hydrogens is 282 g/mol. The summed E-state index contributed by atoms with van der Waals surface area (Å²) in [5.41, 5.74) is 1.76. The number of aryl methyl sites for hydroxylation is 1. The van der Waals surface area contributed by atoms with Gasteiger partial charge in [0, 0.05) is 13.1 Å². The Bertz CT molecular complexity index is 779. The number of carbonyl (C=O) groups is 3. The summed E-state index contributed by atoms with van der Waals surface area (Å²) in [5, 5.41) is 2.64. The van der Waals surface area contributed by atoms with Crippen molar-refractivity contribution in [3.63, 3.8) is 0 Å². The van der Waals surface area contributed by atoms with Gasteiger partial charge in [-0.1, -0.05) is 12.1 Å². The minimum Gasteiger partial charge on any atom is -0.323 e. The molecule has 0 unspecified atom stereocenters. The van der Waals surface area contributed by atoms with Gasteiger partial charge in [0.05, 0.1) is 16.8 Å². The number of amides is 3. The van der Waals surface area contributed by atoms with E-state index in [2.05, 4.69) is 10.3 Å². The lowest BCUT2D eigenvalue weighted by Crippen LogP contribution is -2.31. The lowest BCUT2D eigenvalue weighted by Gasteiger charge is -2.18. The van der Waals surface area contributed by atoms with Gasteiger partial charge in [-0.3, -0.25) is 14.4 Å². The van der Waals surface area contributed by atoms with Gasteiger partial charge in [0.25, 0.3) is 11.8 Å². The number of pyridine rings is 1. The van der Waals surface area contributed by atoms with Crippen molar-refractivity contribution in [2.75, 3.05) is 10.2 Å². The predicted molar refractivity (Wildman–Crippen MR) is 80.9 cm³/mol. The molecule has 0 aliphatic carbocycles. The molecule has 0 saturated heterocycles. The van der Waals surface area contributed by atoms with E-state index in [4.69, 9.17) is 0 Å². The Morgan fingerprint density at radius 1 is 1.09 bits per heavy atom. The summed E-state index contributed by atoms with van der Waals surface area (Å²) in [6.07, 6.45) is 1.50. The largest absolute Gasteiger partial charge is 0.323 e. The molecule has 6 heteroatoms. The lowest BCUT2D eigenvalue weighted by atomic mass is 10.1. The Balaban J connectivity index is 2.14. The van der Waals surface area contributed by atoms with E-state index in [1.54, 1.807) is 37.3 Å². The van der Waals surface area contributed by atoms with E-state index >= 15 is 0 Å². The second kappa shape index (κ2) is 5.07. The quantitative estimate of drug-likeness (QED) is 0.861. The SMILES string of the molecule is CC(=O)Nc1c(C)ccnc1N1C(=O)c2ccccc2C1=O. The van der Waals surface area contributed by atoms with E-state index in [9.17, 15) is 14.4 Å². The monoisotopic (exact) mass is 295 g/mol. The second-order valence-electron chi connectivity index (χ2n) is 5.00. The summed E-state index contributed by atoms with van der Waals surface area (Å²) >= 11 is 0. The number of imide groups is 1. The molecule has 2 heterocycles. The molecule has 1 aliphatic rings. The van der Waals surface area contributed by atoms with E-state index in [1.807, 2.05) is 0 Å². The minimum absolute atomic E-state index is 0.140. The molecule has 3 amide bonds. The molecule has 1 aliphatic heterocycles. The fourth-order valence-corrected chi connectivity index (χ4v) is 2.43. The van der Waals surface area contributed by atoms with Crippen LogP contribution < -0.4 is 10.2 Å². The van der Waals surface area contributed by atoms with E-state index in [1.165, 1.54) is 13.1 Å². The Kier molecular flexibility index (Phi) is 3.21. The van der Waals surface area contributed by atoms with E-state index in [0.717, 1.165) is 10.5 Å². The van der Waals surface area contributed by atoms with Crippen LogP contribution in [0.25, 0.3) is 0 Å². The molecule has 2 aromatic rings. The van der Waals surface area contributed by atoms with Crippen LogP contribution >= 0.6 is 0 Å². The van der Waals surface area contributed by atoms with Crippen LogP contribution in [0.3, 0.4) is 0 Å². The second-order valence-corrected chi connectivity index (χ2v) is 5.00. The maximum atomic E-state index is 12.5. The van der Waals surface area contributed by atoms with Gasteiger partial charge in [-0.05, 0) is 30.7 Å². The van der Waals surface area contributed by atoms with E-state index in [0.29, 0.717) is 16.8 Å². The van der Waals surface area contributed by atoms with Gasteiger partial charge in [0.1, 0.15) is 0 Å². The first kappa shape index (κ1) is 13.9. The van der Waals surface area contributed by atoms with Crippen LogP contribution in [-0.4, -0.2) is 22.7 Å². The number of fused-ring (bicyclic) bond motifs is 1. The summed E-state index contributed by atoms with van der Waals surface area (Å²) < 4.78 is 0. The Morgan fingerprint density at radius 2 is 1.68 bits per heavy atom. The maximum Gasteiger partial charge on any atom is 0.267 e. The fraction of sp³-hybridized carbons (Fsp3) is 0.125. The molecule has 1 N–H and O–H groups in total. The third-order valence-corrected chi connectivity index (χ3v) is 3.45. The van der Waals surface area contributed by atoms with Crippen LogP contribution in [0, 0.1) is 6.92 Å². The zero-order valence-electron chi connectivity index (χ0n) is 12.1. The predicted octanol–water partition coefficient (Wildman–Crippen LogP) is 2.15. The molecule has 1 aromatic heterocycles. The van der Waals surface area contributed by atoms with Crippen molar-refractivity contribution < 1.29 is 14.4 Å². The first-order valence-corrected chi connectivity index (χ1v) is 6.71. The summed E-state index contributed by atoms with van der Waals surface area (Å²) in [7, 11) is 0. The Morgan fingerprint density at radius 3 is 2.23 bits per heavy atom. The number of hydrogen-bond acceptors (Lipinski definition) is 4. The highest BCUT2D eigenvalue weighted by atomic mass is 16.2. The summed E-state index contributed by atoms with van der Waals surface area (Å²) in [6.45, 7) is 3.13. The van der Waals surface area contributed by atoms with Gasteiger partial charge in [-0.25, -0.2) is 9.88 Å². The maximum absolute atomic E-state index is 12.5. The van der Waals surface area contributed by atoms with Gasteiger partial charge in [0.15, 0.2) is 5.82 Å². The highest BCUT2D eigenvalue weighted by Gasteiger charge is 2.38. The van der Waals surface area contributed by atoms with Crippen molar-refractivity contribution in [1.82, 2.24) is 4.98 Å². The molecule has 22 heavy (non-hydrogen) atoms. The van der Waals surface area contributed by atoms with Crippen molar-refractivity contribution in [3.8, 4) is 0 Å². The number of hydrogen-bond donors (Lipinski definition) is 1. The molecule has 1 aromatic carbocycles. The van der Waals surface area contributed by atoms with Crippen LogP contribution in [0.15, 0.2) is 36.5 Å². The van der Waals surface area contributed by atoms with Crippen molar-refractivity contribution in [2.24, 2.45) is 0 Å². The fourth-order valence-electron chi connectivity index (χ4n) is 2.43. The smallest absolute Gasteiger partial charge is 0.267 e. The Hall–Kier alpha value is -3.02. The third kappa shape index (κ3) is 2.05. The summed E-state index contributed by atoms with van der Waals surface area (Å²) in [6, 6.07) is 8.30. The van der Waals surface area contributed by atoms with Crippen LogP contribution in [0.5, 0.6) is 0 Å². The normalized spacial score (nSPS) is 13.3. The number of aromatic nitrogens is 1. The van der Waals surface area contributed by atoms with Crippen molar-refractivity contribution in [3.05, 3.63) is 53.2 Å². The van der Waals surface area contributed by atoms with Crippen LogP contribution in [0.4, 0.5) is 11.5 Å². The number of anilines is 2. The molecule has 0 radical (unpaired) electrons. The summed E-state index contributed by atoms with van der Waals surface area (Å²) in [4.78, 5) is 41.5. The standard InChI is InChI=1S/C16H13N3O3/c1-9-7-8-17-14(13(9)18-10(2)20)19-15(21)11-5-3-4-6-12(11)16(19)22/h3-8H,1-2H3,(H,18,20). The van der Waals surface area contributed by atoms with Gasteiger partial charge in [-0.15, -0.1) is 0 Å². The molecule has 6 nitrogen and oxygen atoms in total. The molecule has 110 valence electrons. The van der Waals surface area contributed by atoms with Gasteiger partial charge in [0.2, 0.25) is 5.91 Å². The first-order valence-electron chi connectivity index (χ1n) is 6.71. The number of nitrogens with zero attached hydrogens (tertiary/aromatic N) is 2. The van der Waals surface area contributed by atoms with Gasteiger partial charge in [-0.2, -0.15) is 0 Å². The number of rotatable bonds is 2. The zero-order valence-corrected chi connectivity index (χ0v) is 12.1. The van der Waals surface area contributed by atoms with Crippen LogP contribution in [0.1, 0.15) is 33.2 Å². The topological polar surface area (TPSA) is 79.4 Å². The summed E-state index contributed by atoms with van der Waals surface area (Å²) in [5.74, 6) is -1.04. The van der Waals surface area contributed by atoms with Gasteiger partial charge < -0.3 is 5.32 Å². The average Bonchev–Trinajstić information content (AvgIpc) is 2.74. The number of carbonyl (C=O) groups excluding carboxylic acids is 3. The van der Waals surface area contributed by atoms with Crippen molar-refractivity contribution >= 4 is 29.2 Å². The molecule has 0 atom stereocenters. The van der Waals surface area contributed by atoms with Crippen molar-refractivity contribution in [1.29, 1.82) is 0 Å². The molecule has 0 fully saturated rings. The third-order valence-electron chi connectivity index (χ3n) is 3.45. The highest BCUT2D eigenvalue weighted by Crippen LogP contribution is 2.33. The minimum atomic E-state index is -0.440. The zero-order chi connectivity index (χ0) is 15.9. The lowest BCUT2D eigenvalue weighted by molar-refractivity contribution is -0.114. The first-order chi connectivity index (χ1) is 10.5. The molecule has 0 bridgehead atoms. The van der Waals surface area contributed by atoms with Crippen molar-refractivity contribution in [2.45, 2.75) is 13.8 Å². The van der Waals surface area contributed by atoms with Gasteiger partial charge >= 0.3 is 0 Å². The number of nitrogens with one attached hydrogen (secondary N) is 1. The Labute approximate surface area is 126 Å². The van der Waals surface area contributed by atoms with E-state index in [-0.39, 0.29) is 11.7 Å². The molecule has 0 saturated carbocycles. The van der Waals surface area contributed by atoms with E-state index < -0.39 is 11.8 Å². The average molecular weight is 295 g/mol. The highest BCUT2D eigenvalue weighted by molar-refractivity contribution is 6.35. The molecule has 0 spiro atoms. The molecular formula is C16H13N3O3. The van der Waals surface area contributed by atoms with Crippen LogP contribution in [-0.2, 0) is 4.79 Å². The number of benzene rings is 1.